The van der Waals surface area contributed by atoms with Crippen molar-refractivity contribution in [1.29, 1.82) is 0 Å². The zero-order valence-corrected chi connectivity index (χ0v) is 21.2. The number of nitrogens with one attached hydrogen (secondary N) is 1. The minimum absolute atomic E-state index is 0.0933. The molecule has 0 saturated heterocycles. The van der Waals surface area contributed by atoms with Gasteiger partial charge >= 0.3 is 11.9 Å². The van der Waals surface area contributed by atoms with Crippen LogP contribution in [0.2, 0.25) is 0 Å². The third-order valence-electron chi connectivity index (χ3n) is 5.18. The van der Waals surface area contributed by atoms with Crippen LogP contribution in [0.3, 0.4) is 0 Å². The van der Waals surface area contributed by atoms with Crippen molar-refractivity contribution >= 4 is 23.9 Å². The molecule has 1 aromatic heterocycles. The summed E-state index contributed by atoms with van der Waals surface area (Å²) in [5.74, 6) is -2.71. The molecule has 0 bridgehead atoms. The lowest BCUT2D eigenvalue weighted by atomic mass is 9.97. The smallest absolute Gasteiger partial charge is 0.326 e. The van der Waals surface area contributed by atoms with E-state index in [2.05, 4.69) is 10.3 Å². The van der Waals surface area contributed by atoms with Crippen molar-refractivity contribution in [2.45, 2.75) is 65.5 Å². The van der Waals surface area contributed by atoms with E-state index in [1.165, 1.54) is 0 Å². The van der Waals surface area contributed by atoms with E-state index in [4.69, 9.17) is 4.74 Å². The van der Waals surface area contributed by atoms with Gasteiger partial charge in [0.2, 0.25) is 5.91 Å². The van der Waals surface area contributed by atoms with E-state index in [9.17, 15) is 19.5 Å². The van der Waals surface area contributed by atoms with Gasteiger partial charge in [0, 0.05) is 12.4 Å². The van der Waals surface area contributed by atoms with Crippen LogP contribution >= 0.6 is 0 Å². The number of carbonyl (C=O) groups is 3. The molecular weight excluding hydrogens is 444 g/mol. The molecule has 2 aromatic rings. The third-order valence-corrected chi connectivity index (χ3v) is 5.18. The van der Waals surface area contributed by atoms with E-state index < -0.39 is 35.4 Å². The SMILES string of the molecule is CC(C)C[C@H](NC(=O)[C@H](CC=Cc1ccc(-c2ccncc2)cc1)CC(=O)OC(C)(C)C)C(=O)O. The van der Waals surface area contributed by atoms with E-state index in [1.807, 2.05) is 62.4 Å². The van der Waals surface area contributed by atoms with Crippen LogP contribution in [-0.4, -0.2) is 39.6 Å². The molecule has 2 rings (SSSR count). The second-order valence-electron chi connectivity index (χ2n) is 10.0. The molecule has 35 heavy (non-hydrogen) atoms. The molecule has 0 aliphatic rings. The summed E-state index contributed by atoms with van der Waals surface area (Å²) in [6, 6.07) is 10.8. The Morgan fingerprint density at radius 2 is 1.63 bits per heavy atom. The molecule has 0 unspecified atom stereocenters. The molecule has 188 valence electrons. The number of nitrogens with zero attached hydrogens (tertiary/aromatic N) is 1. The highest BCUT2D eigenvalue weighted by molar-refractivity contribution is 5.87. The molecule has 1 heterocycles. The van der Waals surface area contributed by atoms with Crippen LogP contribution in [0.1, 0.15) is 59.4 Å². The first-order valence-corrected chi connectivity index (χ1v) is 11.9. The number of carboxylic acids is 1. The van der Waals surface area contributed by atoms with Gasteiger partial charge < -0.3 is 15.2 Å². The van der Waals surface area contributed by atoms with Gasteiger partial charge in [0.1, 0.15) is 11.6 Å². The third kappa shape index (κ3) is 10.1. The minimum Gasteiger partial charge on any atom is -0.480 e. The first-order valence-electron chi connectivity index (χ1n) is 11.9. The van der Waals surface area contributed by atoms with Gasteiger partial charge in [0.05, 0.1) is 12.3 Å². The maximum atomic E-state index is 13.0. The molecule has 0 aliphatic carbocycles. The molecule has 0 fully saturated rings. The Bertz CT molecular complexity index is 1010. The largest absolute Gasteiger partial charge is 0.480 e. The summed E-state index contributed by atoms with van der Waals surface area (Å²) in [5.41, 5.74) is 2.41. The topological polar surface area (TPSA) is 106 Å². The highest BCUT2D eigenvalue weighted by Crippen LogP contribution is 2.21. The Kier molecular flexibility index (Phi) is 10.2. The van der Waals surface area contributed by atoms with Crippen molar-refractivity contribution in [1.82, 2.24) is 10.3 Å². The van der Waals surface area contributed by atoms with Gasteiger partial charge in [0.15, 0.2) is 0 Å². The first-order chi connectivity index (χ1) is 16.4. The Labute approximate surface area is 207 Å². The van der Waals surface area contributed by atoms with Gasteiger partial charge in [-0.15, -0.1) is 0 Å². The molecule has 0 radical (unpaired) electrons. The predicted octanol–water partition coefficient (Wildman–Crippen LogP) is 5.12. The highest BCUT2D eigenvalue weighted by Gasteiger charge is 2.28. The molecule has 0 saturated carbocycles. The second kappa shape index (κ2) is 12.8. The normalized spacial score (nSPS) is 13.4. The molecule has 2 atom stereocenters. The molecule has 0 aliphatic heterocycles. The van der Waals surface area contributed by atoms with Crippen molar-refractivity contribution in [2.75, 3.05) is 0 Å². The minimum atomic E-state index is -1.09. The summed E-state index contributed by atoms with van der Waals surface area (Å²) in [5, 5.41) is 12.1. The van der Waals surface area contributed by atoms with Crippen LogP contribution in [0.15, 0.2) is 54.9 Å². The average molecular weight is 481 g/mol. The quantitative estimate of drug-likeness (QED) is 0.433. The second-order valence-corrected chi connectivity index (χ2v) is 10.0. The zero-order valence-electron chi connectivity index (χ0n) is 21.2. The number of allylic oxidation sites excluding steroid dienone is 1. The number of benzene rings is 1. The number of esters is 1. The molecule has 7 nitrogen and oxygen atoms in total. The Morgan fingerprint density at radius 1 is 1.03 bits per heavy atom. The van der Waals surface area contributed by atoms with E-state index in [-0.39, 0.29) is 18.8 Å². The number of pyridine rings is 1. The number of rotatable bonds is 11. The van der Waals surface area contributed by atoms with E-state index in [1.54, 1.807) is 33.2 Å². The number of carbonyl (C=O) groups excluding carboxylic acids is 2. The summed E-state index contributed by atoms with van der Waals surface area (Å²) in [6.07, 6.45) is 7.64. The Hall–Kier alpha value is -3.48. The maximum Gasteiger partial charge on any atom is 0.326 e. The number of amides is 1. The van der Waals surface area contributed by atoms with Crippen molar-refractivity contribution in [3.05, 3.63) is 60.4 Å². The van der Waals surface area contributed by atoms with Crippen LogP contribution in [0.25, 0.3) is 17.2 Å². The van der Waals surface area contributed by atoms with E-state index in [0.717, 1.165) is 16.7 Å². The number of carboxylic acid groups (broad SMARTS) is 1. The molecule has 1 aromatic carbocycles. The fourth-order valence-corrected chi connectivity index (χ4v) is 3.55. The predicted molar refractivity (Wildman–Crippen MR) is 136 cm³/mol. The summed E-state index contributed by atoms with van der Waals surface area (Å²) in [4.78, 5) is 41.0. The van der Waals surface area contributed by atoms with Crippen LogP contribution < -0.4 is 5.32 Å². The van der Waals surface area contributed by atoms with Gasteiger partial charge in [0.25, 0.3) is 0 Å². The van der Waals surface area contributed by atoms with Gasteiger partial charge in [-0.05, 0) is 68.4 Å². The summed E-state index contributed by atoms with van der Waals surface area (Å²) >= 11 is 0. The molecule has 2 N–H and O–H groups in total. The first kappa shape index (κ1) is 27.8. The molecule has 0 spiro atoms. The summed E-state index contributed by atoms with van der Waals surface area (Å²) < 4.78 is 5.39. The maximum absolute atomic E-state index is 13.0. The highest BCUT2D eigenvalue weighted by atomic mass is 16.6. The van der Waals surface area contributed by atoms with Crippen LogP contribution in [0, 0.1) is 11.8 Å². The molecule has 1 amide bonds. The monoisotopic (exact) mass is 480 g/mol. The molecule has 7 heteroatoms. The van der Waals surface area contributed by atoms with Gasteiger partial charge in [-0.1, -0.05) is 50.3 Å². The number of ether oxygens (including phenoxy) is 1. The number of aromatic nitrogens is 1. The van der Waals surface area contributed by atoms with Gasteiger partial charge in [-0.2, -0.15) is 0 Å². The number of hydrogen-bond acceptors (Lipinski definition) is 5. The standard InChI is InChI=1S/C28H36N2O5/c1-19(2)17-24(27(33)34)30-26(32)23(18-25(31)35-28(3,4)5)8-6-7-20-9-11-21(12-10-20)22-13-15-29-16-14-22/h6-7,9-16,19,23-24H,8,17-18H2,1-5H3,(H,30,32)(H,33,34)/t23-,24+/m1/s1. The van der Waals surface area contributed by atoms with Crippen LogP contribution in [0.5, 0.6) is 0 Å². The van der Waals surface area contributed by atoms with E-state index in [0.29, 0.717) is 6.42 Å². The van der Waals surface area contributed by atoms with E-state index >= 15 is 0 Å². The van der Waals surface area contributed by atoms with Crippen LogP contribution in [-0.2, 0) is 19.1 Å². The fraction of sp³-hybridized carbons (Fsp3) is 0.429. The number of aliphatic carboxylic acids is 1. The van der Waals surface area contributed by atoms with Crippen LogP contribution in [0.4, 0.5) is 0 Å². The lowest BCUT2D eigenvalue weighted by molar-refractivity contribution is -0.157. The van der Waals surface area contributed by atoms with Crippen molar-refractivity contribution in [3.8, 4) is 11.1 Å². The Morgan fingerprint density at radius 3 is 2.17 bits per heavy atom. The summed E-state index contributed by atoms with van der Waals surface area (Å²) in [7, 11) is 0. The van der Waals surface area contributed by atoms with Gasteiger partial charge in [-0.3, -0.25) is 14.6 Å². The number of hydrogen-bond donors (Lipinski definition) is 2. The lowest BCUT2D eigenvalue weighted by Gasteiger charge is -2.23. The fourth-order valence-electron chi connectivity index (χ4n) is 3.55. The summed E-state index contributed by atoms with van der Waals surface area (Å²) in [6.45, 7) is 9.07. The Balaban J connectivity index is 2.11. The zero-order chi connectivity index (χ0) is 26.0. The average Bonchev–Trinajstić information content (AvgIpc) is 2.77. The van der Waals surface area contributed by atoms with Crippen molar-refractivity contribution in [2.24, 2.45) is 11.8 Å². The van der Waals surface area contributed by atoms with Crippen molar-refractivity contribution < 1.29 is 24.2 Å². The van der Waals surface area contributed by atoms with Crippen molar-refractivity contribution in [3.63, 3.8) is 0 Å². The lowest BCUT2D eigenvalue weighted by Crippen LogP contribution is -2.45. The van der Waals surface area contributed by atoms with Gasteiger partial charge in [-0.25, -0.2) is 4.79 Å². The molecular formula is C28H36N2O5.